The van der Waals surface area contributed by atoms with Gasteiger partial charge in [-0.3, -0.25) is 9.89 Å². The molecule has 1 saturated carbocycles. The van der Waals surface area contributed by atoms with Crippen LogP contribution in [0.15, 0.2) is 4.99 Å². The molecule has 134 valence electrons. The van der Waals surface area contributed by atoms with Crippen molar-refractivity contribution in [2.75, 3.05) is 33.2 Å². The molecule has 2 N–H and O–H groups in total. The van der Waals surface area contributed by atoms with E-state index in [1.807, 2.05) is 0 Å². The number of aliphatic imine (C=N–C) groups is 1. The largest absolute Gasteiger partial charge is 0.401 e. The van der Waals surface area contributed by atoms with E-state index in [0.29, 0.717) is 25.7 Å². The summed E-state index contributed by atoms with van der Waals surface area (Å²) >= 11 is 0. The van der Waals surface area contributed by atoms with Crippen molar-refractivity contribution in [1.29, 1.82) is 0 Å². The molecule has 0 radical (unpaired) electrons. The van der Waals surface area contributed by atoms with Crippen LogP contribution >= 0.6 is 0 Å². The summed E-state index contributed by atoms with van der Waals surface area (Å²) in [5.41, 5.74) is 0. The molecule has 1 aliphatic carbocycles. The maximum Gasteiger partial charge on any atom is 0.401 e. The van der Waals surface area contributed by atoms with Crippen LogP contribution in [0.3, 0.4) is 0 Å². The molecule has 1 unspecified atom stereocenters. The monoisotopic (exact) mass is 334 g/mol. The van der Waals surface area contributed by atoms with Crippen LogP contribution in [0.2, 0.25) is 0 Å². The molecule has 23 heavy (non-hydrogen) atoms. The molecule has 2 rings (SSSR count). The summed E-state index contributed by atoms with van der Waals surface area (Å²) < 4.78 is 37.2. The number of hydrogen-bond donors (Lipinski definition) is 2. The van der Waals surface area contributed by atoms with Gasteiger partial charge in [-0.15, -0.1) is 0 Å². The first-order valence-electron chi connectivity index (χ1n) is 8.62. The van der Waals surface area contributed by atoms with Crippen LogP contribution in [0.1, 0.15) is 39.0 Å². The van der Waals surface area contributed by atoms with E-state index in [2.05, 4.69) is 22.5 Å². The number of nitrogens with zero attached hydrogens (tertiary/aromatic N) is 2. The molecule has 0 bridgehead atoms. The van der Waals surface area contributed by atoms with Crippen LogP contribution in [0.5, 0.6) is 0 Å². The Morgan fingerprint density at radius 2 is 1.87 bits per heavy atom. The summed E-state index contributed by atoms with van der Waals surface area (Å²) in [5.74, 6) is 1.84. The van der Waals surface area contributed by atoms with E-state index >= 15 is 0 Å². The Hall–Kier alpha value is -0.980. The van der Waals surface area contributed by atoms with Gasteiger partial charge < -0.3 is 10.6 Å². The van der Waals surface area contributed by atoms with Crippen molar-refractivity contribution in [2.45, 2.75) is 51.2 Å². The van der Waals surface area contributed by atoms with E-state index in [-0.39, 0.29) is 5.92 Å². The van der Waals surface area contributed by atoms with Gasteiger partial charge in [0.15, 0.2) is 5.96 Å². The fraction of sp³-hybridized carbons (Fsp3) is 0.938. The zero-order valence-corrected chi connectivity index (χ0v) is 14.1. The van der Waals surface area contributed by atoms with Crippen molar-refractivity contribution in [3.63, 3.8) is 0 Å². The third-order valence-electron chi connectivity index (χ3n) is 4.91. The number of alkyl halides is 3. The van der Waals surface area contributed by atoms with Gasteiger partial charge in [0.2, 0.25) is 0 Å². The molecule has 1 heterocycles. The molecule has 2 fully saturated rings. The Morgan fingerprint density at radius 1 is 1.17 bits per heavy atom. The van der Waals surface area contributed by atoms with Crippen molar-refractivity contribution in [3.8, 4) is 0 Å². The maximum absolute atomic E-state index is 12.4. The van der Waals surface area contributed by atoms with Crippen LogP contribution in [0.25, 0.3) is 0 Å². The molecular formula is C16H29F3N4. The normalized spacial score (nSPS) is 30.5. The Morgan fingerprint density at radius 3 is 2.48 bits per heavy atom. The van der Waals surface area contributed by atoms with Crippen molar-refractivity contribution < 1.29 is 13.2 Å². The highest BCUT2D eigenvalue weighted by Gasteiger charge is 2.34. The molecule has 1 aliphatic heterocycles. The molecule has 0 aromatic carbocycles. The van der Waals surface area contributed by atoms with Gasteiger partial charge in [0.05, 0.1) is 6.54 Å². The standard InChI is InChI=1S/C16H29F3N4/c1-12-3-5-14(6-4-12)22-15(20-2)21-9-13-7-8-23(10-13)11-16(17,18)19/h12-14H,3-11H2,1-2H3,(H2,20,21,22). The molecule has 7 heteroatoms. The molecule has 1 atom stereocenters. The fourth-order valence-corrected chi connectivity index (χ4v) is 3.51. The van der Waals surface area contributed by atoms with E-state index in [1.54, 1.807) is 7.05 Å². The lowest BCUT2D eigenvalue weighted by molar-refractivity contribution is -0.143. The summed E-state index contributed by atoms with van der Waals surface area (Å²) in [7, 11) is 1.74. The van der Waals surface area contributed by atoms with Gasteiger partial charge in [-0.2, -0.15) is 13.2 Å². The summed E-state index contributed by atoms with van der Waals surface area (Å²) in [6.45, 7) is 3.20. The summed E-state index contributed by atoms with van der Waals surface area (Å²) in [4.78, 5) is 5.73. The zero-order valence-electron chi connectivity index (χ0n) is 14.1. The van der Waals surface area contributed by atoms with Crippen LogP contribution in [-0.4, -0.2) is 56.3 Å². The third-order valence-corrected chi connectivity index (χ3v) is 4.91. The van der Waals surface area contributed by atoms with Crippen LogP contribution in [0, 0.1) is 11.8 Å². The lowest BCUT2D eigenvalue weighted by Crippen LogP contribution is -2.46. The highest BCUT2D eigenvalue weighted by atomic mass is 19.4. The highest BCUT2D eigenvalue weighted by Crippen LogP contribution is 2.24. The molecule has 2 aliphatic rings. The molecular weight excluding hydrogens is 305 g/mol. The second kappa shape index (κ2) is 8.22. The first-order chi connectivity index (χ1) is 10.9. The van der Waals surface area contributed by atoms with E-state index in [4.69, 9.17) is 0 Å². The Kier molecular flexibility index (Phi) is 6.56. The minimum absolute atomic E-state index is 0.252. The third kappa shape index (κ3) is 6.57. The minimum Gasteiger partial charge on any atom is -0.356 e. The van der Waals surface area contributed by atoms with Crippen LogP contribution in [0.4, 0.5) is 13.2 Å². The minimum atomic E-state index is -4.10. The first kappa shape index (κ1) is 18.4. The van der Waals surface area contributed by atoms with Crippen molar-refractivity contribution in [3.05, 3.63) is 0 Å². The SMILES string of the molecule is CN=C(NCC1CCN(CC(F)(F)F)C1)NC1CCC(C)CC1. The van der Waals surface area contributed by atoms with Crippen LogP contribution < -0.4 is 10.6 Å². The summed E-state index contributed by atoms with van der Waals surface area (Å²) in [6.07, 6.45) is 1.50. The van der Waals surface area contributed by atoms with E-state index in [0.717, 1.165) is 31.1 Å². The van der Waals surface area contributed by atoms with Gasteiger partial charge in [0.25, 0.3) is 0 Å². The van der Waals surface area contributed by atoms with Gasteiger partial charge >= 0.3 is 6.18 Å². The fourth-order valence-electron chi connectivity index (χ4n) is 3.51. The lowest BCUT2D eigenvalue weighted by atomic mass is 9.87. The second-order valence-electron chi connectivity index (χ2n) is 7.06. The average Bonchev–Trinajstić information content (AvgIpc) is 2.91. The topological polar surface area (TPSA) is 39.7 Å². The van der Waals surface area contributed by atoms with Gasteiger partial charge in [-0.1, -0.05) is 6.92 Å². The van der Waals surface area contributed by atoms with Crippen molar-refractivity contribution in [2.24, 2.45) is 16.8 Å². The number of hydrogen-bond acceptors (Lipinski definition) is 2. The zero-order chi connectivity index (χ0) is 16.9. The van der Waals surface area contributed by atoms with Crippen LogP contribution in [-0.2, 0) is 0 Å². The van der Waals surface area contributed by atoms with Crippen molar-refractivity contribution in [1.82, 2.24) is 15.5 Å². The average molecular weight is 334 g/mol. The maximum atomic E-state index is 12.4. The van der Waals surface area contributed by atoms with E-state index < -0.39 is 12.7 Å². The first-order valence-corrected chi connectivity index (χ1v) is 8.62. The quantitative estimate of drug-likeness (QED) is 0.613. The number of halogens is 3. The van der Waals surface area contributed by atoms with Gasteiger partial charge in [0, 0.05) is 26.2 Å². The number of nitrogens with one attached hydrogen (secondary N) is 2. The Balaban J connectivity index is 1.68. The molecule has 0 aromatic heterocycles. The van der Waals surface area contributed by atoms with Gasteiger partial charge in [-0.05, 0) is 50.5 Å². The summed E-state index contributed by atoms with van der Waals surface area (Å²) in [5, 5.41) is 6.73. The predicted octanol–water partition coefficient (Wildman–Crippen LogP) is 2.61. The smallest absolute Gasteiger partial charge is 0.356 e. The van der Waals surface area contributed by atoms with Crippen molar-refractivity contribution >= 4 is 5.96 Å². The number of likely N-dealkylation sites (tertiary alicyclic amines) is 1. The Bertz CT molecular complexity index is 389. The number of rotatable bonds is 4. The molecule has 0 spiro atoms. The van der Waals surface area contributed by atoms with E-state index in [9.17, 15) is 13.2 Å². The van der Waals surface area contributed by atoms with Gasteiger partial charge in [-0.25, -0.2) is 0 Å². The molecule has 0 aromatic rings. The molecule has 1 saturated heterocycles. The predicted molar refractivity (Wildman–Crippen MR) is 86.5 cm³/mol. The molecule has 4 nitrogen and oxygen atoms in total. The van der Waals surface area contributed by atoms with E-state index in [1.165, 1.54) is 17.7 Å². The van der Waals surface area contributed by atoms with Gasteiger partial charge in [0.1, 0.15) is 0 Å². The highest BCUT2D eigenvalue weighted by molar-refractivity contribution is 5.79. The molecule has 0 amide bonds. The Labute approximate surface area is 136 Å². The number of guanidine groups is 1. The summed E-state index contributed by atoms with van der Waals surface area (Å²) in [6, 6.07) is 0.461. The lowest BCUT2D eigenvalue weighted by Gasteiger charge is -2.28. The second-order valence-corrected chi connectivity index (χ2v) is 7.06.